The number of carbonyl (C=O) groups is 1. The van der Waals surface area contributed by atoms with Crippen molar-refractivity contribution in [3.63, 3.8) is 0 Å². The second kappa shape index (κ2) is 9.79. The highest BCUT2D eigenvalue weighted by Gasteiger charge is 2.34. The minimum atomic E-state index is -0.466. The molecule has 0 spiro atoms. The van der Waals surface area contributed by atoms with Gasteiger partial charge < -0.3 is 20.1 Å². The van der Waals surface area contributed by atoms with E-state index in [0.29, 0.717) is 34.0 Å². The lowest BCUT2D eigenvalue weighted by atomic mass is 9.88. The van der Waals surface area contributed by atoms with Gasteiger partial charge in [-0.3, -0.25) is 4.79 Å². The molecule has 1 unspecified atom stereocenters. The van der Waals surface area contributed by atoms with E-state index >= 15 is 0 Å². The molecule has 0 saturated carbocycles. The summed E-state index contributed by atoms with van der Waals surface area (Å²) < 4.78 is 5.40. The number of thiocarbonyl (C=S) groups is 1. The predicted molar refractivity (Wildman–Crippen MR) is 128 cm³/mol. The standard InChI is InChI=1S/C25H28N2O3S/c1-5-10-18-14-19(15-20(30-4)23(18)28)22-21(24(29)17-11-8-7-9-12-17)16(3)27(13-6-2)25(31)26-22/h5,7-9,11-12,14-15,22,28H,1,6,10,13H2,2-4H3,(H,26,31). The van der Waals surface area contributed by atoms with E-state index in [2.05, 4.69) is 18.8 Å². The van der Waals surface area contributed by atoms with E-state index in [1.54, 1.807) is 12.1 Å². The van der Waals surface area contributed by atoms with Crippen LogP contribution in [0.5, 0.6) is 11.5 Å². The van der Waals surface area contributed by atoms with Crippen LogP contribution in [-0.4, -0.2) is 34.6 Å². The molecule has 3 rings (SSSR count). The molecule has 162 valence electrons. The van der Waals surface area contributed by atoms with Gasteiger partial charge in [-0.1, -0.05) is 43.3 Å². The minimum Gasteiger partial charge on any atom is -0.504 e. The molecule has 5 nitrogen and oxygen atoms in total. The summed E-state index contributed by atoms with van der Waals surface area (Å²) in [6, 6.07) is 12.4. The molecule has 2 aromatic carbocycles. The highest BCUT2D eigenvalue weighted by Crippen LogP contribution is 2.39. The number of hydrogen-bond acceptors (Lipinski definition) is 4. The van der Waals surface area contributed by atoms with E-state index in [9.17, 15) is 9.90 Å². The molecule has 0 saturated heterocycles. The van der Waals surface area contributed by atoms with E-state index in [4.69, 9.17) is 17.0 Å². The van der Waals surface area contributed by atoms with Gasteiger partial charge in [0.15, 0.2) is 22.4 Å². The molecule has 1 atom stereocenters. The van der Waals surface area contributed by atoms with Crippen molar-refractivity contribution in [3.05, 3.63) is 83.1 Å². The van der Waals surface area contributed by atoms with Crippen LogP contribution >= 0.6 is 12.2 Å². The maximum atomic E-state index is 13.6. The van der Waals surface area contributed by atoms with E-state index in [-0.39, 0.29) is 11.5 Å². The number of ketones is 1. The summed E-state index contributed by atoms with van der Waals surface area (Å²) in [5.41, 5.74) is 3.55. The molecule has 0 aromatic heterocycles. The highest BCUT2D eigenvalue weighted by atomic mass is 32.1. The Hall–Kier alpha value is -3.12. The molecule has 0 bridgehead atoms. The first-order chi connectivity index (χ1) is 14.9. The fourth-order valence-corrected chi connectivity index (χ4v) is 4.23. The molecule has 1 aliphatic rings. The smallest absolute Gasteiger partial charge is 0.193 e. The van der Waals surface area contributed by atoms with Crippen molar-refractivity contribution >= 4 is 23.1 Å². The second-order valence-corrected chi connectivity index (χ2v) is 7.84. The van der Waals surface area contributed by atoms with Crippen LogP contribution < -0.4 is 10.1 Å². The number of nitrogens with one attached hydrogen (secondary N) is 1. The molecule has 31 heavy (non-hydrogen) atoms. The summed E-state index contributed by atoms with van der Waals surface area (Å²) >= 11 is 5.65. The Bertz CT molecular complexity index is 1030. The molecular formula is C25H28N2O3S. The third kappa shape index (κ3) is 4.49. The van der Waals surface area contributed by atoms with Gasteiger partial charge in [0, 0.05) is 28.9 Å². The van der Waals surface area contributed by atoms with Gasteiger partial charge >= 0.3 is 0 Å². The first-order valence-electron chi connectivity index (χ1n) is 10.3. The monoisotopic (exact) mass is 436 g/mol. The molecule has 0 fully saturated rings. The lowest BCUT2D eigenvalue weighted by Gasteiger charge is -2.38. The average Bonchev–Trinajstić information content (AvgIpc) is 2.78. The summed E-state index contributed by atoms with van der Waals surface area (Å²) in [6.45, 7) is 8.51. The van der Waals surface area contributed by atoms with Gasteiger partial charge in [-0.05, 0) is 49.7 Å². The molecule has 2 aromatic rings. The van der Waals surface area contributed by atoms with Crippen LogP contribution in [0.25, 0.3) is 0 Å². The number of Topliss-reactive ketones (excluding diaryl/α,β-unsaturated/α-hetero) is 1. The molecule has 6 heteroatoms. The van der Waals surface area contributed by atoms with Gasteiger partial charge in [0.25, 0.3) is 0 Å². The van der Waals surface area contributed by atoms with E-state index < -0.39 is 6.04 Å². The molecule has 1 aliphatic heterocycles. The van der Waals surface area contributed by atoms with Crippen LogP contribution in [0.15, 0.2) is 66.4 Å². The van der Waals surface area contributed by atoms with Crippen LogP contribution in [0.2, 0.25) is 0 Å². The van der Waals surface area contributed by atoms with Gasteiger partial charge in [-0.2, -0.15) is 0 Å². The zero-order valence-electron chi connectivity index (χ0n) is 18.1. The number of phenols is 1. The molecular weight excluding hydrogens is 408 g/mol. The highest BCUT2D eigenvalue weighted by molar-refractivity contribution is 7.80. The molecule has 2 N–H and O–H groups in total. The number of benzene rings is 2. The number of methoxy groups -OCH3 is 1. The van der Waals surface area contributed by atoms with Crippen molar-refractivity contribution in [2.45, 2.75) is 32.7 Å². The van der Waals surface area contributed by atoms with E-state index in [0.717, 1.165) is 24.2 Å². The Kier molecular flexibility index (Phi) is 7.13. The van der Waals surface area contributed by atoms with Crippen molar-refractivity contribution in [2.24, 2.45) is 0 Å². The number of aromatic hydroxyl groups is 1. The Morgan fingerprint density at radius 3 is 2.65 bits per heavy atom. The summed E-state index contributed by atoms with van der Waals surface area (Å²) in [5, 5.41) is 14.4. The quantitative estimate of drug-likeness (QED) is 0.348. The van der Waals surface area contributed by atoms with Gasteiger partial charge in [0.2, 0.25) is 0 Å². The number of hydrogen-bond donors (Lipinski definition) is 2. The summed E-state index contributed by atoms with van der Waals surface area (Å²) in [7, 11) is 1.51. The van der Waals surface area contributed by atoms with E-state index in [1.807, 2.05) is 48.2 Å². The average molecular weight is 437 g/mol. The minimum absolute atomic E-state index is 0.0588. The zero-order chi connectivity index (χ0) is 22.5. The SMILES string of the molecule is C=CCc1cc(C2NC(=S)N(CCC)C(C)=C2C(=O)c2ccccc2)cc(OC)c1O. The number of rotatable bonds is 8. The number of carbonyl (C=O) groups excluding carboxylic acids is 1. The van der Waals surface area contributed by atoms with E-state index in [1.165, 1.54) is 7.11 Å². The van der Waals surface area contributed by atoms with Crippen LogP contribution in [0, 0.1) is 0 Å². The lowest BCUT2D eigenvalue weighted by Crippen LogP contribution is -2.47. The first kappa shape index (κ1) is 22.6. The van der Waals surface area contributed by atoms with Crippen molar-refractivity contribution in [2.75, 3.05) is 13.7 Å². The van der Waals surface area contributed by atoms with Gasteiger partial charge in [0.1, 0.15) is 0 Å². The molecule has 0 aliphatic carbocycles. The Balaban J connectivity index is 2.20. The Labute approximate surface area is 189 Å². The van der Waals surface area contributed by atoms with Gasteiger partial charge in [-0.15, -0.1) is 6.58 Å². The largest absolute Gasteiger partial charge is 0.504 e. The Morgan fingerprint density at radius 2 is 2.03 bits per heavy atom. The maximum absolute atomic E-state index is 13.6. The molecule has 0 radical (unpaired) electrons. The molecule has 0 amide bonds. The van der Waals surface area contributed by atoms with Crippen LogP contribution in [0.1, 0.15) is 47.8 Å². The summed E-state index contributed by atoms with van der Waals surface area (Å²) in [5.74, 6) is 0.368. The van der Waals surface area contributed by atoms with Crippen molar-refractivity contribution in [1.29, 1.82) is 0 Å². The Morgan fingerprint density at radius 1 is 1.32 bits per heavy atom. The lowest BCUT2D eigenvalue weighted by molar-refractivity contribution is 0.102. The predicted octanol–water partition coefficient (Wildman–Crippen LogP) is 4.93. The summed E-state index contributed by atoms with van der Waals surface area (Å²) in [4.78, 5) is 15.6. The van der Waals surface area contributed by atoms with Crippen LogP contribution in [0.3, 0.4) is 0 Å². The van der Waals surface area contributed by atoms with Gasteiger partial charge in [-0.25, -0.2) is 0 Å². The van der Waals surface area contributed by atoms with Crippen molar-refractivity contribution < 1.29 is 14.6 Å². The number of allylic oxidation sites excluding steroid dienone is 2. The topological polar surface area (TPSA) is 61.8 Å². The fourth-order valence-electron chi connectivity index (χ4n) is 3.89. The van der Waals surface area contributed by atoms with Crippen molar-refractivity contribution in [1.82, 2.24) is 10.2 Å². The van der Waals surface area contributed by atoms with Crippen LogP contribution in [-0.2, 0) is 6.42 Å². The number of phenolic OH excluding ortho intramolecular Hbond substituents is 1. The zero-order valence-corrected chi connectivity index (χ0v) is 19.0. The third-order valence-corrected chi connectivity index (χ3v) is 5.76. The number of nitrogens with zero attached hydrogens (tertiary/aromatic N) is 1. The van der Waals surface area contributed by atoms with Crippen LogP contribution in [0.4, 0.5) is 0 Å². The maximum Gasteiger partial charge on any atom is 0.193 e. The first-order valence-corrected chi connectivity index (χ1v) is 10.7. The fraction of sp³-hybridized carbons (Fsp3) is 0.280. The molecule has 1 heterocycles. The second-order valence-electron chi connectivity index (χ2n) is 7.45. The summed E-state index contributed by atoms with van der Waals surface area (Å²) in [6.07, 6.45) is 3.09. The normalized spacial score (nSPS) is 16.2. The number of ether oxygens (including phenoxy) is 1. The van der Waals surface area contributed by atoms with Gasteiger partial charge in [0.05, 0.1) is 13.2 Å². The third-order valence-electron chi connectivity index (χ3n) is 5.42. The van der Waals surface area contributed by atoms with Crippen molar-refractivity contribution in [3.8, 4) is 11.5 Å².